The third-order valence-electron chi connectivity index (χ3n) is 3.42. The largest absolute Gasteiger partial charge is 0.370 e. The number of H-pyrrole nitrogens is 1. The number of halogens is 2. The number of rotatable bonds is 4. The summed E-state index contributed by atoms with van der Waals surface area (Å²) in [7, 11) is 0. The maximum Gasteiger partial charge on any atom is 0.148 e. The van der Waals surface area contributed by atoms with E-state index in [1.807, 2.05) is 12.1 Å². The van der Waals surface area contributed by atoms with E-state index in [1.165, 1.54) is 6.07 Å². The highest BCUT2D eigenvalue weighted by atomic mass is 35.5. The highest BCUT2D eigenvalue weighted by Gasteiger charge is 2.09. The Labute approximate surface area is 132 Å². The molecular formula is C17H13ClFN3. The van der Waals surface area contributed by atoms with Crippen molar-refractivity contribution in [1.29, 1.82) is 0 Å². The van der Waals surface area contributed by atoms with Crippen LogP contribution in [0.3, 0.4) is 0 Å². The molecule has 3 nitrogen and oxygen atoms in total. The minimum absolute atomic E-state index is 0.340. The highest BCUT2D eigenvalue weighted by Crippen LogP contribution is 2.25. The third kappa shape index (κ3) is 2.90. The van der Waals surface area contributed by atoms with E-state index >= 15 is 0 Å². The number of fused-ring (bicyclic) bond motifs is 1. The molecule has 2 N–H and O–H groups in total. The number of aromatic amines is 1. The van der Waals surface area contributed by atoms with E-state index in [9.17, 15) is 4.39 Å². The zero-order chi connectivity index (χ0) is 15.5. The first-order chi connectivity index (χ1) is 10.7. The van der Waals surface area contributed by atoms with Crippen LogP contribution in [-0.4, -0.2) is 16.5 Å². The molecule has 0 atom stereocenters. The zero-order valence-electron chi connectivity index (χ0n) is 11.7. The topological polar surface area (TPSA) is 40.7 Å². The SMILES string of the molecule is C#Cc1ccc(NCCc2c[nH]c3c(F)cc(Cl)cc23)nc1. The second kappa shape index (κ2) is 6.08. The summed E-state index contributed by atoms with van der Waals surface area (Å²) in [4.78, 5) is 7.16. The van der Waals surface area contributed by atoms with Gasteiger partial charge >= 0.3 is 0 Å². The molecule has 5 heteroatoms. The minimum Gasteiger partial charge on any atom is -0.370 e. The van der Waals surface area contributed by atoms with E-state index in [2.05, 4.69) is 21.2 Å². The molecule has 0 bridgehead atoms. The highest BCUT2D eigenvalue weighted by molar-refractivity contribution is 6.31. The quantitative estimate of drug-likeness (QED) is 0.715. The Hall–Kier alpha value is -2.51. The number of anilines is 1. The molecule has 0 spiro atoms. The lowest BCUT2D eigenvalue weighted by Crippen LogP contribution is -2.05. The van der Waals surface area contributed by atoms with E-state index in [-0.39, 0.29) is 5.82 Å². The van der Waals surface area contributed by atoms with Gasteiger partial charge in [-0.15, -0.1) is 6.42 Å². The summed E-state index contributed by atoms with van der Waals surface area (Å²) in [6, 6.07) is 6.74. The second-order valence-corrected chi connectivity index (χ2v) is 5.31. The standard InChI is InChI=1S/C17H13ClFN3/c1-2-11-3-4-16(21-9-11)20-6-5-12-10-22-17-14(12)7-13(18)8-15(17)19/h1,3-4,7-10,22H,5-6H2,(H,20,21). The molecule has 3 rings (SSSR count). The molecule has 22 heavy (non-hydrogen) atoms. The van der Waals surface area contributed by atoms with E-state index in [4.69, 9.17) is 18.0 Å². The van der Waals surface area contributed by atoms with Crippen LogP contribution in [0.1, 0.15) is 11.1 Å². The first-order valence-corrected chi connectivity index (χ1v) is 7.16. The fourth-order valence-corrected chi connectivity index (χ4v) is 2.53. The van der Waals surface area contributed by atoms with Crippen LogP contribution < -0.4 is 5.32 Å². The number of nitrogens with one attached hydrogen (secondary N) is 2. The van der Waals surface area contributed by atoms with Crippen molar-refractivity contribution in [2.24, 2.45) is 0 Å². The lowest BCUT2D eigenvalue weighted by Gasteiger charge is -2.05. The first-order valence-electron chi connectivity index (χ1n) is 6.79. The predicted molar refractivity (Wildman–Crippen MR) is 87.6 cm³/mol. The van der Waals surface area contributed by atoms with Gasteiger partial charge in [0.05, 0.1) is 5.52 Å². The van der Waals surface area contributed by atoms with Gasteiger partial charge in [-0.05, 0) is 36.2 Å². The van der Waals surface area contributed by atoms with Crippen LogP contribution in [-0.2, 0) is 6.42 Å². The van der Waals surface area contributed by atoms with Gasteiger partial charge < -0.3 is 10.3 Å². The molecule has 0 aliphatic rings. The molecule has 0 unspecified atom stereocenters. The van der Waals surface area contributed by atoms with Crippen LogP contribution in [0.5, 0.6) is 0 Å². The molecular weight excluding hydrogens is 301 g/mol. The first kappa shape index (κ1) is 14.4. The summed E-state index contributed by atoms with van der Waals surface area (Å²) in [5, 5.41) is 4.41. The van der Waals surface area contributed by atoms with Gasteiger partial charge in [-0.1, -0.05) is 17.5 Å². The van der Waals surface area contributed by atoms with Crippen molar-refractivity contribution in [3.8, 4) is 12.3 Å². The van der Waals surface area contributed by atoms with Crippen LogP contribution in [0, 0.1) is 18.2 Å². The Morgan fingerprint density at radius 2 is 2.23 bits per heavy atom. The monoisotopic (exact) mass is 313 g/mol. The van der Waals surface area contributed by atoms with E-state index in [0.717, 1.165) is 28.8 Å². The number of benzene rings is 1. The van der Waals surface area contributed by atoms with Crippen molar-refractivity contribution in [2.75, 3.05) is 11.9 Å². The molecule has 0 amide bonds. The van der Waals surface area contributed by atoms with Crippen molar-refractivity contribution in [1.82, 2.24) is 9.97 Å². The van der Waals surface area contributed by atoms with Crippen LogP contribution in [0.4, 0.5) is 10.2 Å². The fourth-order valence-electron chi connectivity index (χ4n) is 2.33. The molecule has 110 valence electrons. The minimum atomic E-state index is -0.340. The van der Waals surface area contributed by atoms with Gasteiger partial charge in [0.2, 0.25) is 0 Å². The van der Waals surface area contributed by atoms with Gasteiger partial charge in [-0.25, -0.2) is 9.37 Å². The van der Waals surface area contributed by atoms with Gasteiger partial charge in [0.1, 0.15) is 11.6 Å². The molecule has 1 aromatic carbocycles. The van der Waals surface area contributed by atoms with Gasteiger partial charge in [-0.2, -0.15) is 0 Å². The average Bonchev–Trinajstić information content (AvgIpc) is 2.91. The lowest BCUT2D eigenvalue weighted by atomic mass is 10.1. The van der Waals surface area contributed by atoms with Crippen LogP contribution >= 0.6 is 11.6 Å². The summed E-state index contributed by atoms with van der Waals surface area (Å²) in [5.74, 6) is 2.93. The summed E-state index contributed by atoms with van der Waals surface area (Å²) in [5.41, 5.74) is 2.23. The summed E-state index contributed by atoms with van der Waals surface area (Å²) < 4.78 is 13.8. The number of pyridine rings is 1. The zero-order valence-corrected chi connectivity index (χ0v) is 12.4. The molecule has 0 aliphatic heterocycles. The number of terminal acetylenes is 1. The lowest BCUT2D eigenvalue weighted by molar-refractivity contribution is 0.637. The van der Waals surface area contributed by atoms with Crippen LogP contribution in [0.15, 0.2) is 36.7 Å². The molecule has 0 aliphatic carbocycles. The van der Waals surface area contributed by atoms with Gasteiger partial charge in [0.15, 0.2) is 0 Å². The Bertz CT molecular complexity index is 847. The smallest absolute Gasteiger partial charge is 0.148 e. The van der Waals surface area contributed by atoms with E-state index in [0.29, 0.717) is 17.1 Å². The predicted octanol–water partition coefficient (Wildman–Crippen LogP) is 3.99. The molecule has 0 saturated carbocycles. The molecule has 0 radical (unpaired) electrons. The van der Waals surface area contributed by atoms with Crippen molar-refractivity contribution in [2.45, 2.75) is 6.42 Å². The Morgan fingerprint density at radius 1 is 1.36 bits per heavy atom. The van der Waals surface area contributed by atoms with E-state index < -0.39 is 0 Å². The van der Waals surface area contributed by atoms with Crippen molar-refractivity contribution < 1.29 is 4.39 Å². The fraction of sp³-hybridized carbons (Fsp3) is 0.118. The molecule has 0 fully saturated rings. The maximum atomic E-state index is 13.8. The molecule has 3 aromatic rings. The Morgan fingerprint density at radius 3 is 2.95 bits per heavy atom. The number of aromatic nitrogens is 2. The Balaban J connectivity index is 1.70. The molecule has 2 heterocycles. The average molecular weight is 314 g/mol. The van der Waals surface area contributed by atoms with E-state index in [1.54, 1.807) is 18.5 Å². The normalized spacial score (nSPS) is 10.6. The van der Waals surface area contributed by atoms with Crippen molar-refractivity contribution in [3.63, 3.8) is 0 Å². The van der Waals surface area contributed by atoms with Crippen molar-refractivity contribution >= 4 is 28.3 Å². The number of nitrogens with zero attached hydrogens (tertiary/aromatic N) is 1. The van der Waals surface area contributed by atoms with Gasteiger partial charge in [0, 0.05) is 34.9 Å². The van der Waals surface area contributed by atoms with Crippen LogP contribution in [0.2, 0.25) is 5.02 Å². The third-order valence-corrected chi connectivity index (χ3v) is 3.64. The molecule has 0 saturated heterocycles. The summed E-state index contributed by atoms with van der Waals surface area (Å²) >= 11 is 5.92. The van der Waals surface area contributed by atoms with Crippen LogP contribution in [0.25, 0.3) is 10.9 Å². The Kier molecular flexibility index (Phi) is 3.99. The number of hydrogen-bond acceptors (Lipinski definition) is 2. The molecule has 2 aromatic heterocycles. The second-order valence-electron chi connectivity index (χ2n) is 4.88. The van der Waals surface area contributed by atoms with Gasteiger partial charge in [-0.3, -0.25) is 0 Å². The summed E-state index contributed by atoms with van der Waals surface area (Å²) in [6.45, 7) is 0.670. The maximum absolute atomic E-state index is 13.8. The number of hydrogen-bond donors (Lipinski definition) is 2. The van der Waals surface area contributed by atoms with Crippen molar-refractivity contribution in [3.05, 3.63) is 58.6 Å². The van der Waals surface area contributed by atoms with Gasteiger partial charge in [0.25, 0.3) is 0 Å². The summed E-state index contributed by atoms with van der Waals surface area (Å²) in [6.07, 6.45) is 9.45.